The molecule has 2 aromatic carbocycles. The van der Waals surface area contributed by atoms with Crippen LogP contribution in [0.1, 0.15) is 17.3 Å². The molecular weight excluding hydrogens is 368 g/mol. The van der Waals surface area contributed by atoms with E-state index < -0.39 is 5.25 Å². The molecule has 0 spiro atoms. The van der Waals surface area contributed by atoms with Crippen LogP contribution in [0.25, 0.3) is 10.9 Å². The number of hydrogen-bond donors (Lipinski definition) is 0. The average Bonchev–Trinajstić information content (AvgIpc) is 2.64. The molecule has 1 unspecified atom stereocenters. The zero-order valence-corrected chi connectivity index (χ0v) is 15.8. The van der Waals surface area contributed by atoms with E-state index >= 15 is 0 Å². The van der Waals surface area contributed by atoms with E-state index in [4.69, 9.17) is 11.6 Å². The van der Waals surface area contributed by atoms with Crippen molar-refractivity contribution < 1.29 is 4.79 Å². The number of rotatable bonds is 6. The third-order valence-corrected chi connectivity index (χ3v) is 5.22. The standard InChI is InChI=1S/C20H17ClN2O2S/c1-3-11-23-19(25)16-9-4-5-10-17(16)22-20(23)26-13(2)18(24)14-7-6-8-15(21)12-14/h3-10,12-13H,1,11H2,2H3. The molecule has 1 aromatic heterocycles. The zero-order chi connectivity index (χ0) is 18.7. The van der Waals surface area contributed by atoms with Crippen molar-refractivity contribution in [2.45, 2.75) is 23.9 Å². The third-order valence-electron chi connectivity index (χ3n) is 3.90. The highest BCUT2D eigenvalue weighted by atomic mass is 35.5. The summed E-state index contributed by atoms with van der Waals surface area (Å²) in [6.07, 6.45) is 1.64. The lowest BCUT2D eigenvalue weighted by Gasteiger charge is -2.15. The number of carbonyl (C=O) groups is 1. The number of fused-ring (bicyclic) bond motifs is 1. The van der Waals surface area contributed by atoms with E-state index in [0.717, 1.165) is 0 Å². The van der Waals surface area contributed by atoms with Gasteiger partial charge in [-0.1, -0.05) is 53.7 Å². The summed E-state index contributed by atoms with van der Waals surface area (Å²) >= 11 is 7.24. The predicted molar refractivity (Wildman–Crippen MR) is 107 cm³/mol. The Bertz CT molecular complexity index is 1050. The molecule has 1 heterocycles. The number of hydrogen-bond acceptors (Lipinski definition) is 4. The lowest BCUT2D eigenvalue weighted by molar-refractivity contribution is 0.0994. The van der Waals surface area contributed by atoms with Crippen LogP contribution in [0, 0.1) is 0 Å². The number of benzene rings is 2. The fourth-order valence-corrected chi connectivity index (χ4v) is 3.80. The molecule has 0 saturated heterocycles. The van der Waals surface area contributed by atoms with Gasteiger partial charge in [-0.25, -0.2) is 4.98 Å². The topological polar surface area (TPSA) is 52.0 Å². The number of allylic oxidation sites excluding steroid dienone is 1. The van der Waals surface area contributed by atoms with Crippen molar-refractivity contribution in [3.63, 3.8) is 0 Å². The molecule has 0 N–H and O–H groups in total. The van der Waals surface area contributed by atoms with Gasteiger partial charge in [0.15, 0.2) is 10.9 Å². The number of ketones is 1. The van der Waals surface area contributed by atoms with E-state index in [1.54, 1.807) is 54.0 Å². The molecule has 1 atom stereocenters. The molecule has 0 fully saturated rings. The summed E-state index contributed by atoms with van der Waals surface area (Å²) in [5.41, 5.74) is 1.01. The van der Waals surface area contributed by atoms with Gasteiger partial charge < -0.3 is 0 Å². The van der Waals surface area contributed by atoms with E-state index in [1.165, 1.54) is 11.8 Å². The summed E-state index contributed by atoms with van der Waals surface area (Å²) in [5.74, 6) is -0.0648. The van der Waals surface area contributed by atoms with Crippen LogP contribution in [0.15, 0.2) is 71.1 Å². The molecule has 0 aliphatic heterocycles. The number of carbonyl (C=O) groups excluding carboxylic acids is 1. The van der Waals surface area contributed by atoms with Crippen molar-refractivity contribution in [1.82, 2.24) is 9.55 Å². The highest BCUT2D eigenvalue weighted by Gasteiger charge is 2.20. The van der Waals surface area contributed by atoms with E-state index in [0.29, 0.717) is 33.2 Å². The number of Topliss-reactive ketones (excluding diaryl/α,β-unsaturated/α-hetero) is 1. The predicted octanol–water partition coefficient (Wildman–Crippen LogP) is 4.60. The van der Waals surface area contributed by atoms with Crippen LogP contribution in [0.5, 0.6) is 0 Å². The van der Waals surface area contributed by atoms with Gasteiger partial charge in [0.2, 0.25) is 0 Å². The minimum Gasteiger partial charge on any atom is -0.293 e. The van der Waals surface area contributed by atoms with Crippen molar-refractivity contribution >= 4 is 40.0 Å². The molecule has 26 heavy (non-hydrogen) atoms. The molecule has 0 radical (unpaired) electrons. The summed E-state index contributed by atoms with van der Waals surface area (Å²) in [7, 11) is 0. The maximum Gasteiger partial charge on any atom is 0.262 e. The second-order valence-electron chi connectivity index (χ2n) is 5.75. The van der Waals surface area contributed by atoms with Crippen molar-refractivity contribution in [3.8, 4) is 0 Å². The van der Waals surface area contributed by atoms with Gasteiger partial charge in [-0.05, 0) is 31.2 Å². The second-order valence-corrected chi connectivity index (χ2v) is 7.50. The first-order valence-corrected chi connectivity index (χ1v) is 9.34. The summed E-state index contributed by atoms with van der Waals surface area (Å²) in [5, 5.41) is 1.14. The Morgan fingerprint density at radius 2 is 2.08 bits per heavy atom. The van der Waals surface area contributed by atoms with Gasteiger partial charge in [0.25, 0.3) is 5.56 Å². The van der Waals surface area contributed by atoms with Crippen molar-refractivity contribution in [2.75, 3.05) is 0 Å². The molecule has 4 nitrogen and oxygen atoms in total. The van der Waals surface area contributed by atoms with Crippen LogP contribution in [0.4, 0.5) is 0 Å². The summed E-state index contributed by atoms with van der Waals surface area (Å²) in [6, 6.07) is 14.0. The van der Waals surface area contributed by atoms with Gasteiger partial charge in [-0.15, -0.1) is 6.58 Å². The number of aromatic nitrogens is 2. The monoisotopic (exact) mass is 384 g/mol. The molecule has 0 saturated carbocycles. The Hall–Kier alpha value is -2.37. The second kappa shape index (κ2) is 7.89. The number of thioether (sulfide) groups is 1. The highest BCUT2D eigenvalue weighted by molar-refractivity contribution is 8.00. The molecule has 0 amide bonds. The first-order valence-electron chi connectivity index (χ1n) is 8.08. The Balaban J connectivity index is 1.99. The minimum absolute atomic E-state index is 0.0648. The molecule has 3 aromatic rings. The summed E-state index contributed by atoms with van der Waals surface area (Å²) < 4.78 is 1.54. The molecular formula is C20H17ClN2O2S. The summed E-state index contributed by atoms with van der Waals surface area (Å²) in [4.78, 5) is 30.1. The normalized spacial score (nSPS) is 12.1. The third kappa shape index (κ3) is 3.74. The van der Waals surface area contributed by atoms with Gasteiger partial charge >= 0.3 is 0 Å². The minimum atomic E-state index is -0.419. The average molecular weight is 385 g/mol. The maximum atomic E-state index is 12.8. The Morgan fingerprint density at radius 1 is 1.31 bits per heavy atom. The highest BCUT2D eigenvalue weighted by Crippen LogP contribution is 2.25. The maximum absolute atomic E-state index is 12.8. The van der Waals surface area contributed by atoms with Crippen LogP contribution >= 0.6 is 23.4 Å². The smallest absolute Gasteiger partial charge is 0.262 e. The van der Waals surface area contributed by atoms with Crippen molar-refractivity contribution in [2.24, 2.45) is 0 Å². The molecule has 0 aliphatic rings. The van der Waals surface area contributed by atoms with E-state index in [2.05, 4.69) is 11.6 Å². The molecule has 0 bridgehead atoms. The first-order chi connectivity index (χ1) is 12.5. The van der Waals surface area contributed by atoms with Gasteiger partial charge in [0.1, 0.15) is 0 Å². The quantitative estimate of drug-likeness (QED) is 0.270. The van der Waals surface area contributed by atoms with Crippen LogP contribution in [-0.4, -0.2) is 20.6 Å². The van der Waals surface area contributed by atoms with Gasteiger partial charge in [0.05, 0.1) is 16.2 Å². The SMILES string of the molecule is C=CCn1c(SC(C)C(=O)c2cccc(Cl)c2)nc2ccccc2c1=O. The van der Waals surface area contributed by atoms with Crippen molar-refractivity contribution in [3.05, 3.63) is 82.1 Å². The van der Waals surface area contributed by atoms with E-state index in [1.807, 2.05) is 12.1 Å². The number of para-hydroxylation sites is 1. The molecule has 3 rings (SSSR count). The largest absolute Gasteiger partial charge is 0.293 e. The van der Waals surface area contributed by atoms with Gasteiger partial charge in [-0.2, -0.15) is 0 Å². The van der Waals surface area contributed by atoms with Crippen LogP contribution in [0.3, 0.4) is 0 Å². The van der Waals surface area contributed by atoms with Crippen LogP contribution in [-0.2, 0) is 6.54 Å². The van der Waals surface area contributed by atoms with Crippen LogP contribution < -0.4 is 5.56 Å². The van der Waals surface area contributed by atoms with E-state index in [-0.39, 0.29) is 11.3 Å². The lowest BCUT2D eigenvalue weighted by atomic mass is 10.1. The summed E-state index contributed by atoms with van der Waals surface area (Å²) in [6.45, 7) is 5.84. The Morgan fingerprint density at radius 3 is 2.81 bits per heavy atom. The molecule has 0 aliphatic carbocycles. The van der Waals surface area contributed by atoms with Crippen LogP contribution in [0.2, 0.25) is 5.02 Å². The molecule has 132 valence electrons. The van der Waals surface area contributed by atoms with Gasteiger partial charge in [-0.3, -0.25) is 14.2 Å². The zero-order valence-electron chi connectivity index (χ0n) is 14.2. The molecule has 6 heteroatoms. The van der Waals surface area contributed by atoms with Crippen molar-refractivity contribution in [1.29, 1.82) is 0 Å². The first kappa shape index (κ1) is 18.4. The van der Waals surface area contributed by atoms with E-state index in [9.17, 15) is 9.59 Å². The fourth-order valence-electron chi connectivity index (χ4n) is 2.62. The van der Waals surface area contributed by atoms with Gasteiger partial charge in [0, 0.05) is 17.1 Å². The Labute approximate surface area is 160 Å². The lowest BCUT2D eigenvalue weighted by Crippen LogP contribution is -2.24. The number of nitrogens with zero attached hydrogens (tertiary/aromatic N) is 2. The number of halogens is 1. The fraction of sp³-hybridized carbons (Fsp3) is 0.150. The Kier molecular flexibility index (Phi) is 5.59.